The number of methoxy groups -OCH3 is 4. The van der Waals surface area contributed by atoms with Crippen LogP contribution in [0.1, 0.15) is 18.4 Å². The molecule has 1 fully saturated rings. The van der Waals surface area contributed by atoms with E-state index >= 15 is 0 Å². The van der Waals surface area contributed by atoms with Gasteiger partial charge in [0.1, 0.15) is 5.54 Å². The second-order valence-electron chi connectivity index (χ2n) is 5.31. The Balaban J connectivity index is 2.37. The van der Waals surface area contributed by atoms with Crippen molar-refractivity contribution in [2.45, 2.75) is 24.8 Å². The quantitative estimate of drug-likeness (QED) is 0.804. The van der Waals surface area contributed by atoms with Gasteiger partial charge in [-0.15, -0.1) is 0 Å². The first-order chi connectivity index (χ1) is 10.6. The highest BCUT2D eigenvalue weighted by atomic mass is 16.5. The van der Waals surface area contributed by atoms with E-state index in [-0.39, 0.29) is 5.97 Å². The third-order valence-electron chi connectivity index (χ3n) is 4.05. The van der Waals surface area contributed by atoms with Gasteiger partial charge in [0.2, 0.25) is 5.75 Å². The molecule has 1 saturated heterocycles. The predicted molar refractivity (Wildman–Crippen MR) is 81.8 cm³/mol. The van der Waals surface area contributed by atoms with Gasteiger partial charge < -0.3 is 24.3 Å². The molecule has 0 aliphatic carbocycles. The predicted octanol–water partition coefficient (Wildman–Crippen LogP) is 1.55. The van der Waals surface area contributed by atoms with Gasteiger partial charge in [-0.3, -0.25) is 4.79 Å². The Labute approximate surface area is 130 Å². The first kappa shape index (κ1) is 16.4. The van der Waals surface area contributed by atoms with E-state index in [1.165, 1.54) is 7.11 Å². The molecule has 1 aliphatic rings. The zero-order chi connectivity index (χ0) is 16.2. The molecule has 0 radical (unpaired) electrons. The number of carbonyl (C=O) groups is 1. The fourth-order valence-electron chi connectivity index (χ4n) is 2.98. The molecule has 1 heterocycles. The maximum atomic E-state index is 12.2. The van der Waals surface area contributed by atoms with Gasteiger partial charge >= 0.3 is 5.97 Å². The summed E-state index contributed by atoms with van der Waals surface area (Å²) < 4.78 is 21.0. The number of hydrogen-bond acceptors (Lipinski definition) is 6. The average molecular weight is 309 g/mol. The van der Waals surface area contributed by atoms with Crippen molar-refractivity contribution in [3.05, 3.63) is 17.7 Å². The van der Waals surface area contributed by atoms with E-state index in [2.05, 4.69) is 5.32 Å². The zero-order valence-electron chi connectivity index (χ0n) is 13.5. The van der Waals surface area contributed by atoms with E-state index in [0.717, 1.165) is 24.9 Å². The van der Waals surface area contributed by atoms with E-state index in [1.807, 2.05) is 12.1 Å². The summed E-state index contributed by atoms with van der Waals surface area (Å²) in [4.78, 5) is 12.2. The molecule has 0 bridgehead atoms. The molecule has 0 amide bonds. The van der Waals surface area contributed by atoms with Crippen LogP contribution in [-0.2, 0) is 16.0 Å². The van der Waals surface area contributed by atoms with Crippen molar-refractivity contribution in [3.8, 4) is 17.2 Å². The molecule has 1 atom stereocenters. The molecule has 6 nitrogen and oxygen atoms in total. The molecule has 6 heteroatoms. The summed E-state index contributed by atoms with van der Waals surface area (Å²) in [5.41, 5.74) is 0.244. The van der Waals surface area contributed by atoms with Gasteiger partial charge in [-0.1, -0.05) is 0 Å². The highest BCUT2D eigenvalue weighted by Crippen LogP contribution is 2.39. The molecule has 0 spiro atoms. The lowest BCUT2D eigenvalue weighted by Crippen LogP contribution is -2.50. The minimum Gasteiger partial charge on any atom is -0.493 e. The minimum absolute atomic E-state index is 0.237. The topological polar surface area (TPSA) is 66.0 Å². The summed E-state index contributed by atoms with van der Waals surface area (Å²) in [5.74, 6) is 1.46. The van der Waals surface area contributed by atoms with Gasteiger partial charge in [0, 0.05) is 6.42 Å². The van der Waals surface area contributed by atoms with Crippen molar-refractivity contribution < 1.29 is 23.7 Å². The van der Waals surface area contributed by atoms with E-state index in [1.54, 1.807) is 21.3 Å². The SMILES string of the molecule is COC(=O)C1(Cc2cc(OC)c(OC)c(OC)c2)CCCN1. The first-order valence-corrected chi connectivity index (χ1v) is 7.22. The zero-order valence-corrected chi connectivity index (χ0v) is 13.5. The van der Waals surface area contributed by atoms with Crippen LogP contribution in [-0.4, -0.2) is 46.5 Å². The summed E-state index contributed by atoms with van der Waals surface area (Å²) in [7, 11) is 6.13. The molecule has 122 valence electrons. The van der Waals surface area contributed by atoms with Crippen molar-refractivity contribution in [2.24, 2.45) is 0 Å². The van der Waals surface area contributed by atoms with Crippen molar-refractivity contribution in [1.82, 2.24) is 5.32 Å². The fraction of sp³-hybridized carbons (Fsp3) is 0.562. The average Bonchev–Trinajstić information content (AvgIpc) is 3.02. The third-order valence-corrected chi connectivity index (χ3v) is 4.05. The Kier molecular flexibility index (Phi) is 5.13. The van der Waals surface area contributed by atoms with E-state index in [4.69, 9.17) is 18.9 Å². The standard InChI is InChI=1S/C16H23NO5/c1-19-12-8-11(9-13(20-2)14(12)21-3)10-16(15(18)22-4)6-5-7-17-16/h8-9,17H,5-7,10H2,1-4H3. The van der Waals surface area contributed by atoms with Gasteiger partial charge in [-0.2, -0.15) is 0 Å². The number of rotatable bonds is 6. The van der Waals surface area contributed by atoms with Gasteiger partial charge in [0.15, 0.2) is 11.5 Å². The highest BCUT2D eigenvalue weighted by Gasteiger charge is 2.42. The third kappa shape index (κ3) is 2.97. The van der Waals surface area contributed by atoms with Crippen molar-refractivity contribution in [3.63, 3.8) is 0 Å². The first-order valence-electron chi connectivity index (χ1n) is 7.22. The highest BCUT2D eigenvalue weighted by molar-refractivity contribution is 5.81. The molecule has 1 unspecified atom stereocenters. The fourth-order valence-corrected chi connectivity index (χ4v) is 2.98. The second-order valence-corrected chi connectivity index (χ2v) is 5.31. The summed E-state index contributed by atoms with van der Waals surface area (Å²) in [6.45, 7) is 0.805. The van der Waals surface area contributed by atoms with E-state index in [9.17, 15) is 4.79 Å². The van der Waals surface area contributed by atoms with Gasteiger partial charge in [-0.25, -0.2) is 0 Å². The Morgan fingerprint density at radius 2 is 1.77 bits per heavy atom. The lowest BCUT2D eigenvalue weighted by Gasteiger charge is -2.27. The molecule has 1 N–H and O–H groups in total. The molecular formula is C16H23NO5. The van der Waals surface area contributed by atoms with Crippen LogP contribution in [0.2, 0.25) is 0 Å². The van der Waals surface area contributed by atoms with Crippen LogP contribution in [0.3, 0.4) is 0 Å². The normalized spacial score (nSPS) is 20.5. The monoisotopic (exact) mass is 309 g/mol. The Morgan fingerprint density at radius 1 is 1.14 bits per heavy atom. The molecule has 22 heavy (non-hydrogen) atoms. The molecule has 2 rings (SSSR count). The van der Waals surface area contributed by atoms with Crippen molar-refractivity contribution in [2.75, 3.05) is 35.0 Å². The molecule has 0 aromatic heterocycles. The summed E-state index contributed by atoms with van der Waals surface area (Å²) in [6.07, 6.45) is 2.20. The molecule has 1 aromatic carbocycles. The van der Waals surface area contributed by atoms with E-state index in [0.29, 0.717) is 23.7 Å². The van der Waals surface area contributed by atoms with Gasteiger partial charge in [-0.05, 0) is 37.1 Å². The van der Waals surface area contributed by atoms with Crippen molar-refractivity contribution in [1.29, 1.82) is 0 Å². The summed E-state index contributed by atoms with van der Waals surface area (Å²) in [5, 5.41) is 3.29. The van der Waals surface area contributed by atoms with Crippen LogP contribution in [0.4, 0.5) is 0 Å². The second kappa shape index (κ2) is 6.87. The largest absolute Gasteiger partial charge is 0.493 e. The Morgan fingerprint density at radius 3 is 2.18 bits per heavy atom. The molecule has 1 aliphatic heterocycles. The van der Waals surface area contributed by atoms with Crippen LogP contribution in [0.25, 0.3) is 0 Å². The van der Waals surface area contributed by atoms with Gasteiger partial charge in [0.25, 0.3) is 0 Å². The Bertz CT molecular complexity index is 512. The van der Waals surface area contributed by atoms with Crippen LogP contribution < -0.4 is 19.5 Å². The molecule has 1 aromatic rings. The van der Waals surface area contributed by atoms with Crippen LogP contribution in [0.15, 0.2) is 12.1 Å². The maximum Gasteiger partial charge on any atom is 0.326 e. The minimum atomic E-state index is -0.681. The molecule has 0 saturated carbocycles. The smallest absolute Gasteiger partial charge is 0.326 e. The lowest BCUT2D eigenvalue weighted by molar-refractivity contribution is -0.148. The summed E-state index contributed by atoms with van der Waals surface area (Å²) in [6, 6.07) is 3.73. The van der Waals surface area contributed by atoms with Crippen molar-refractivity contribution >= 4 is 5.97 Å². The number of nitrogens with one attached hydrogen (secondary N) is 1. The number of ether oxygens (including phenoxy) is 4. The van der Waals surface area contributed by atoms with E-state index < -0.39 is 5.54 Å². The number of benzene rings is 1. The van der Waals surface area contributed by atoms with Crippen LogP contribution in [0.5, 0.6) is 17.2 Å². The van der Waals surface area contributed by atoms with Crippen LogP contribution in [0, 0.1) is 0 Å². The molecular weight excluding hydrogens is 286 g/mol. The summed E-state index contributed by atoms with van der Waals surface area (Å²) >= 11 is 0. The number of hydrogen-bond donors (Lipinski definition) is 1. The number of carbonyl (C=O) groups excluding carboxylic acids is 1. The lowest BCUT2D eigenvalue weighted by atomic mass is 9.89. The Hall–Kier alpha value is -1.95. The number of esters is 1. The maximum absolute atomic E-state index is 12.2. The van der Waals surface area contributed by atoms with Crippen LogP contribution >= 0.6 is 0 Å². The van der Waals surface area contributed by atoms with Gasteiger partial charge in [0.05, 0.1) is 28.4 Å².